The molecule has 0 saturated carbocycles. The average molecular weight is 328 g/mol. The molecule has 0 fully saturated rings. The van der Waals surface area contributed by atoms with E-state index in [0.717, 1.165) is 16.5 Å². The van der Waals surface area contributed by atoms with Crippen LogP contribution < -0.4 is 5.73 Å². The van der Waals surface area contributed by atoms with E-state index in [1.165, 1.54) is 7.11 Å². The van der Waals surface area contributed by atoms with Crippen LogP contribution >= 0.6 is 11.6 Å². The average Bonchev–Trinajstić information content (AvgIpc) is 2.58. The molecule has 0 amide bonds. The van der Waals surface area contributed by atoms with E-state index < -0.39 is 5.97 Å². The first-order valence-corrected chi connectivity index (χ1v) is 7.32. The summed E-state index contributed by atoms with van der Waals surface area (Å²) in [6.45, 7) is 0. The lowest BCUT2D eigenvalue weighted by Gasteiger charge is -2.12. The molecule has 1 aromatic carbocycles. The van der Waals surface area contributed by atoms with Gasteiger partial charge in [0.1, 0.15) is 5.15 Å². The van der Waals surface area contributed by atoms with Crippen molar-refractivity contribution in [1.82, 2.24) is 9.97 Å². The number of nitrogen functional groups attached to an aromatic ring is 1. The zero-order chi connectivity index (χ0) is 16.4. The summed E-state index contributed by atoms with van der Waals surface area (Å²) < 4.78 is 4.81. The highest BCUT2D eigenvalue weighted by atomic mass is 35.5. The molecule has 0 aliphatic heterocycles. The first-order chi connectivity index (χ1) is 11.1. The number of nitrogens with zero attached hydrogens (tertiary/aromatic N) is 2. The van der Waals surface area contributed by atoms with Gasteiger partial charge in [-0.3, -0.25) is 4.98 Å². The second kappa shape index (κ2) is 6.22. The van der Waals surface area contributed by atoms with E-state index in [1.54, 1.807) is 24.5 Å². The summed E-state index contributed by atoms with van der Waals surface area (Å²) >= 11 is 5.82. The molecule has 0 radical (unpaired) electrons. The van der Waals surface area contributed by atoms with Crippen molar-refractivity contribution in [3.05, 3.63) is 64.6 Å². The molecule has 0 unspecified atom stereocenters. The van der Waals surface area contributed by atoms with Gasteiger partial charge in [0, 0.05) is 17.8 Å². The van der Waals surface area contributed by atoms with E-state index in [0.29, 0.717) is 28.3 Å². The van der Waals surface area contributed by atoms with Crippen LogP contribution in [0.5, 0.6) is 0 Å². The second-order valence-electron chi connectivity index (χ2n) is 5.05. The number of anilines is 1. The molecular formula is C17H14ClN3O2. The third-order valence-corrected chi connectivity index (χ3v) is 3.83. The normalized spacial score (nSPS) is 10.7. The molecule has 5 nitrogen and oxygen atoms in total. The number of methoxy groups -OCH3 is 1. The second-order valence-corrected chi connectivity index (χ2v) is 5.44. The number of pyridine rings is 2. The van der Waals surface area contributed by atoms with Gasteiger partial charge in [-0.2, -0.15) is 0 Å². The van der Waals surface area contributed by atoms with Gasteiger partial charge < -0.3 is 10.5 Å². The quantitative estimate of drug-likeness (QED) is 0.454. The van der Waals surface area contributed by atoms with Gasteiger partial charge in [-0.15, -0.1) is 0 Å². The van der Waals surface area contributed by atoms with Crippen LogP contribution in [0.15, 0.2) is 42.7 Å². The number of hydrogen-bond acceptors (Lipinski definition) is 5. The summed E-state index contributed by atoms with van der Waals surface area (Å²) in [7, 11) is 1.33. The van der Waals surface area contributed by atoms with E-state index in [1.807, 2.05) is 18.2 Å². The van der Waals surface area contributed by atoms with Gasteiger partial charge in [0.15, 0.2) is 0 Å². The standard InChI is InChI=1S/C17H14ClN3O2/c1-23-17(22)13-8-11(7-10-4-5-14(18)21-9-10)12-3-2-6-20-16(12)15(13)19/h2-6,8-9H,7,19H2,1H3. The summed E-state index contributed by atoms with van der Waals surface area (Å²) in [6.07, 6.45) is 3.93. The minimum Gasteiger partial charge on any atom is -0.465 e. The van der Waals surface area contributed by atoms with Crippen molar-refractivity contribution in [2.24, 2.45) is 0 Å². The molecule has 23 heavy (non-hydrogen) atoms. The molecule has 6 heteroatoms. The lowest BCUT2D eigenvalue weighted by atomic mass is 9.97. The van der Waals surface area contributed by atoms with Crippen molar-refractivity contribution >= 4 is 34.2 Å². The van der Waals surface area contributed by atoms with Crippen molar-refractivity contribution in [2.45, 2.75) is 6.42 Å². The number of carbonyl (C=O) groups excluding carboxylic acids is 1. The van der Waals surface area contributed by atoms with Gasteiger partial charge in [-0.25, -0.2) is 9.78 Å². The molecule has 0 bridgehead atoms. The Morgan fingerprint density at radius 1 is 1.30 bits per heavy atom. The van der Waals surface area contributed by atoms with Crippen LogP contribution in [0.3, 0.4) is 0 Å². The van der Waals surface area contributed by atoms with Gasteiger partial charge in [0.2, 0.25) is 0 Å². The molecular weight excluding hydrogens is 314 g/mol. The number of ether oxygens (including phenoxy) is 1. The van der Waals surface area contributed by atoms with Crippen LogP contribution in [0.2, 0.25) is 5.15 Å². The number of benzene rings is 1. The number of fused-ring (bicyclic) bond motifs is 1. The molecule has 2 heterocycles. The predicted molar refractivity (Wildman–Crippen MR) is 89.5 cm³/mol. The van der Waals surface area contributed by atoms with Crippen LogP contribution in [0.1, 0.15) is 21.5 Å². The first kappa shape index (κ1) is 15.2. The third-order valence-electron chi connectivity index (χ3n) is 3.61. The Morgan fingerprint density at radius 2 is 2.13 bits per heavy atom. The number of nitrogens with two attached hydrogens (primary N) is 1. The summed E-state index contributed by atoms with van der Waals surface area (Å²) in [5.74, 6) is -0.481. The Balaban J connectivity index is 2.16. The van der Waals surface area contributed by atoms with E-state index in [2.05, 4.69) is 9.97 Å². The minimum atomic E-state index is -0.481. The Morgan fingerprint density at radius 3 is 2.83 bits per heavy atom. The maximum Gasteiger partial charge on any atom is 0.340 e. The number of rotatable bonds is 3. The lowest BCUT2D eigenvalue weighted by Crippen LogP contribution is -2.08. The highest BCUT2D eigenvalue weighted by Crippen LogP contribution is 2.29. The van der Waals surface area contributed by atoms with Crippen LogP contribution in [0.25, 0.3) is 10.9 Å². The molecule has 0 atom stereocenters. The lowest BCUT2D eigenvalue weighted by molar-refractivity contribution is 0.0602. The van der Waals surface area contributed by atoms with Gasteiger partial charge in [0.05, 0.1) is 23.9 Å². The van der Waals surface area contributed by atoms with Crippen molar-refractivity contribution in [3.63, 3.8) is 0 Å². The summed E-state index contributed by atoms with van der Waals surface area (Å²) in [6, 6.07) is 9.14. The van der Waals surface area contributed by atoms with E-state index in [9.17, 15) is 4.79 Å². The van der Waals surface area contributed by atoms with Gasteiger partial charge in [0.25, 0.3) is 0 Å². The maximum atomic E-state index is 12.0. The maximum absolute atomic E-state index is 12.0. The topological polar surface area (TPSA) is 78.1 Å². The number of hydrogen-bond donors (Lipinski definition) is 1. The number of halogens is 1. The van der Waals surface area contributed by atoms with Crippen LogP contribution in [0, 0.1) is 0 Å². The Bertz CT molecular complexity index is 879. The molecule has 3 aromatic rings. The number of esters is 1. The fourth-order valence-corrected chi connectivity index (χ4v) is 2.60. The molecule has 2 aromatic heterocycles. The van der Waals surface area contributed by atoms with Crippen LogP contribution in [-0.2, 0) is 11.2 Å². The highest BCUT2D eigenvalue weighted by molar-refractivity contribution is 6.29. The smallest absolute Gasteiger partial charge is 0.340 e. The highest BCUT2D eigenvalue weighted by Gasteiger charge is 2.17. The molecule has 3 rings (SSSR count). The Hall–Kier alpha value is -2.66. The molecule has 0 aliphatic rings. The molecule has 2 N–H and O–H groups in total. The summed E-state index contributed by atoms with van der Waals surface area (Å²) in [5.41, 5.74) is 9.21. The monoisotopic (exact) mass is 327 g/mol. The minimum absolute atomic E-state index is 0.315. The number of aromatic nitrogens is 2. The molecule has 0 aliphatic carbocycles. The van der Waals surface area contributed by atoms with Crippen molar-refractivity contribution in [2.75, 3.05) is 12.8 Å². The molecule has 0 saturated heterocycles. The van der Waals surface area contributed by atoms with Crippen molar-refractivity contribution in [3.8, 4) is 0 Å². The Labute approximate surface area is 138 Å². The van der Waals surface area contributed by atoms with Gasteiger partial charge in [-0.05, 0) is 35.7 Å². The first-order valence-electron chi connectivity index (χ1n) is 6.95. The van der Waals surface area contributed by atoms with E-state index >= 15 is 0 Å². The summed E-state index contributed by atoms with van der Waals surface area (Å²) in [4.78, 5) is 20.4. The largest absolute Gasteiger partial charge is 0.465 e. The third kappa shape index (κ3) is 2.96. The van der Waals surface area contributed by atoms with E-state index in [-0.39, 0.29) is 0 Å². The predicted octanol–water partition coefficient (Wildman–Crippen LogP) is 3.24. The zero-order valence-electron chi connectivity index (χ0n) is 12.4. The van der Waals surface area contributed by atoms with Gasteiger partial charge >= 0.3 is 5.97 Å². The summed E-state index contributed by atoms with van der Waals surface area (Å²) in [5, 5.41) is 1.33. The fraction of sp³-hybridized carbons (Fsp3) is 0.118. The molecule has 0 spiro atoms. The zero-order valence-corrected chi connectivity index (χ0v) is 13.2. The van der Waals surface area contributed by atoms with Crippen LogP contribution in [-0.4, -0.2) is 23.0 Å². The van der Waals surface area contributed by atoms with Crippen molar-refractivity contribution < 1.29 is 9.53 Å². The SMILES string of the molecule is COC(=O)c1cc(Cc2ccc(Cl)nc2)c2cccnc2c1N. The van der Waals surface area contributed by atoms with E-state index in [4.69, 9.17) is 22.1 Å². The number of carbonyl (C=O) groups is 1. The van der Waals surface area contributed by atoms with Crippen LogP contribution in [0.4, 0.5) is 5.69 Å². The fourth-order valence-electron chi connectivity index (χ4n) is 2.49. The van der Waals surface area contributed by atoms with Crippen molar-refractivity contribution in [1.29, 1.82) is 0 Å². The Kier molecular flexibility index (Phi) is 4.12. The molecule has 116 valence electrons. The van der Waals surface area contributed by atoms with Gasteiger partial charge in [-0.1, -0.05) is 23.7 Å².